The molecule has 2 aromatic rings. The molecule has 0 aliphatic heterocycles. The Balaban J connectivity index is 1.77. The van der Waals surface area contributed by atoms with Crippen LogP contribution in [0.25, 0.3) is 23.5 Å². The summed E-state index contributed by atoms with van der Waals surface area (Å²) in [6.45, 7) is -0.0694. The Hall–Kier alpha value is -2.26. The predicted octanol–water partition coefficient (Wildman–Crippen LogP) is 2.43. The lowest BCUT2D eigenvalue weighted by molar-refractivity contribution is 0.311. The average Bonchev–Trinajstić information content (AvgIpc) is 3.02. The zero-order chi connectivity index (χ0) is 22.2. The molecule has 0 spiro atoms. The Bertz CT molecular complexity index is 1170. The van der Waals surface area contributed by atoms with Crippen LogP contribution in [0.3, 0.4) is 0 Å². The number of rotatable bonds is 8. The molecule has 2 aromatic heterocycles. The van der Waals surface area contributed by atoms with Gasteiger partial charge in [0.1, 0.15) is 18.2 Å². The molecule has 9 heteroatoms. The van der Waals surface area contributed by atoms with Gasteiger partial charge in [-0.15, -0.1) is 0 Å². The van der Waals surface area contributed by atoms with Gasteiger partial charge in [-0.1, -0.05) is 19.1 Å². The summed E-state index contributed by atoms with van der Waals surface area (Å²) in [5, 5.41) is 2.16. The Morgan fingerprint density at radius 3 is 2.58 bits per heavy atom. The van der Waals surface area contributed by atoms with Gasteiger partial charge in [-0.05, 0) is 50.2 Å². The maximum absolute atomic E-state index is 12.8. The third kappa shape index (κ3) is 4.01. The third-order valence-corrected chi connectivity index (χ3v) is 7.79. The SMILES string of the molecule is CCC1C=c2c(c(N)c(-c3ccc(S(=O)(=O)NC(CF)CF)cn3)n2C2CCC2)=CC1. The van der Waals surface area contributed by atoms with Crippen LogP contribution in [-0.4, -0.2) is 37.4 Å². The van der Waals surface area contributed by atoms with E-state index in [9.17, 15) is 17.2 Å². The van der Waals surface area contributed by atoms with Gasteiger partial charge in [-0.25, -0.2) is 21.9 Å². The molecule has 31 heavy (non-hydrogen) atoms. The van der Waals surface area contributed by atoms with E-state index in [1.807, 2.05) is 4.72 Å². The number of hydrogen-bond acceptors (Lipinski definition) is 4. The molecule has 1 atom stereocenters. The van der Waals surface area contributed by atoms with Crippen molar-refractivity contribution in [2.45, 2.75) is 56.0 Å². The summed E-state index contributed by atoms with van der Waals surface area (Å²) in [5.41, 5.74) is 8.61. The molecule has 168 valence electrons. The number of nitrogens with zero attached hydrogens (tertiary/aromatic N) is 2. The zero-order valence-corrected chi connectivity index (χ0v) is 18.3. The smallest absolute Gasteiger partial charge is 0.242 e. The standard InChI is InChI=1S/C22H28F2N4O2S/c1-2-14-6-8-18-20(10-14)28(16-4-3-5-16)22(21(18)25)19-9-7-17(13-26-19)31(29,30)27-15(11-23)12-24/h7-10,13-16,27H,2-6,11-12,25H2,1H3. The largest absolute Gasteiger partial charge is 0.396 e. The fourth-order valence-corrected chi connectivity index (χ4v) is 5.37. The molecule has 1 saturated carbocycles. The summed E-state index contributed by atoms with van der Waals surface area (Å²) in [5.74, 6) is 0.471. The lowest BCUT2D eigenvalue weighted by atomic mass is 9.92. The van der Waals surface area contributed by atoms with Crippen LogP contribution >= 0.6 is 0 Å². The summed E-state index contributed by atoms with van der Waals surface area (Å²) < 4.78 is 54.6. The first-order valence-electron chi connectivity index (χ1n) is 10.7. The monoisotopic (exact) mass is 450 g/mol. The Labute approximate surface area is 180 Å². The molecule has 0 amide bonds. The van der Waals surface area contributed by atoms with Crippen LogP contribution in [0.4, 0.5) is 14.5 Å². The van der Waals surface area contributed by atoms with E-state index < -0.39 is 29.4 Å². The lowest BCUT2D eigenvalue weighted by Crippen LogP contribution is -2.38. The van der Waals surface area contributed by atoms with Crippen LogP contribution in [-0.2, 0) is 10.0 Å². The molecule has 1 unspecified atom stereocenters. The second-order valence-electron chi connectivity index (χ2n) is 8.30. The highest BCUT2D eigenvalue weighted by molar-refractivity contribution is 7.89. The van der Waals surface area contributed by atoms with Crippen LogP contribution in [0, 0.1) is 5.92 Å². The molecule has 6 nitrogen and oxygen atoms in total. The van der Waals surface area contributed by atoms with Crippen molar-refractivity contribution in [3.8, 4) is 11.4 Å². The fourth-order valence-electron chi connectivity index (χ4n) is 4.23. The second-order valence-corrected chi connectivity index (χ2v) is 10.0. The molecule has 2 aliphatic carbocycles. The van der Waals surface area contributed by atoms with Crippen molar-refractivity contribution in [1.82, 2.24) is 14.3 Å². The molecule has 0 saturated heterocycles. The number of halogens is 2. The quantitative estimate of drug-likeness (QED) is 0.646. The molecule has 2 aliphatic rings. The van der Waals surface area contributed by atoms with E-state index in [1.54, 1.807) is 6.07 Å². The van der Waals surface area contributed by atoms with Crippen LogP contribution in [0.5, 0.6) is 0 Å². The van der Waals surface area contributed by atoms with Gasteiger partial charge in [0.2, 0.25) is 10.0 Å². The molecular formula is C22H28F2N4O2S. The molecular weight excluding hydrogens is 422 g/mol. The topological polar surface area (TPSA) is 90.0 Å². The predicted molar refractivity (Wildman–Crippen MR) is 118 cm³/mol. The lowest BCUT2D eigenvalue weighted by Gasteiger charge is -2.30. The van der Waals surface area contributed by atoms with Gasteiger partial charge in [-0.2, -0.15) is 0 Å². The summed E-state index contributed by atoms with van der Waals surface area (Å²) in [6.07, 6.45) is 11.0. The van der Waals surface area contributed by atoms with Crippen LogP contribution < -0.4 is 21.0 Å². The highest BCUT2D eigenvalue weighted by Gasteiger charge is 2.28. The van der Waals surface area contributed by atoms with Crippen molar-refractivity contribution in [3.05, 3.63) is 28.9 Å². The molecule has 0 radical (unpaired) electrons. The zero-order valence-electron chi connectivity index (χ0n) is 17.5. The van der Waals surface area contributed by atoms with Crippen molar-refractivity contribution >= 4 is 27.9 Å². The third-order valence-electron chi connectivity index (χ3n) is 6.29. The van der Waals surface area contributed by atoms with E-state index in [2.05, 4.69) is 28.6 Å². The number of nitrogens with one attached hydrogen (secondary N) is 1. The highest BCUT2D eigenvalue weighted by Crippen LogP contribution is 2.36. The van der Waals surface area contributed by atoms with Gasteiger partial charge in [0.05, 0.1) is 23.1 Å². The Morgan fingerprint density at radius 1 is 1.29 bits per heavy atom. The van der Waals surface area contributed by atoms with Gasteiger partial charge in [-0.3, -0.25) is 4.98 Å². The van der Waals surface area contributed by atoms with E-state index >= 15 is 0 Å². The number of nitrogens with two attached hydrogens (primary N) is 1. The van der Waals surface area contributed by atoms with Gasteiger partial charge in [0.25, 0.3) is 0 Å². The first-order valence-corrected chi connectivity index (χ1v) is 12.2. The molecule has 3 N–H and O–H groups in total. The molecule has 4 rings (SSSR count). The number of sulfonamides is 1. The van der Waals surface area contributed by atoms with E-state index in [0.717, 1.165) is 41.9 Å². The highest BCUT2D eigenvalue weighted by atomic mass is 32.2. The van der Waals surface area contributed by atoms with Crippen molar-refractivity contribution in [1.29, 1.82) is 0 Å². The van der Waals surface area contributed by atoms with Crippen molar-refractivity contribution < 1.29 is 17.2 Å². The summed E-state index contributed by atoms with van der Waals surface area (Å²) in [7, 11) is -4.07. The molecule has 2 heterocycles. The van der Waals surface area contributed by atoms with Crippen LogP contribution in [0.2, 0.25) is 0 Å². The minimum Gasteiger partial charge on any atom is -0.396 e. The molecule has 0 aromatic carbocycles. The number of alkyl halides is 2. The number of nitrogen functional groups attached to an aromatic ring is 1. The number of fused-ring (bicyclic) bond motifs is 1. The Morgan fingerprint density at radius 2 is 2.03 bits per heavy atom. The van der Waals surface area contributed by atoms with E-state index in [-0.39, 0.29) is 4.90 Å². The van der Waals surface area contributed by atoms with E-state index in [0.29, 0.717) is 23.3 Å². The van der Waals surface area contributed by atoms with Gasteiger partial charge in [0.15, 0.2) is 0 Å². The normalized spacial score (nSPS) is 18.9. The molecule has 1 fully saturated rings. The van der Waals surface area contributed by atoms with Gasteiger partial charge < -0.3 is 10.3 Å². The second kappa shape index (κ2) is 8.70. The van der Waals surface area contributed by atoms with Gasteiger partial charge >= 0.3 is 0 Å². The maximum Gasteiger partial charge on any atom is 0.242 e. The van der Waals surface area contributed by atoms with Crippen molar-refractivity contribution in [2.75, 3.05) is 19.1 Å². The van der Waals surface area contributed by atoms with Crippen LogP contribution in [0.1, 0.15) is 45.1 Å². The minimum absolute atomic E-state index is 0.141. The maximum atomic E-state index is 12.8. The number of aromatic nitrogens is 2. The van der Waals surface area contributed by atoms with Crippen LogP contribution in [0.15, 0.2) is 23.2 Å². The first-order chi connectivity index (χ1) is 14.9. The van der Waals surface area contributed by atoms with Gasteiger partial charge in [0, 0.05) is 22.8 Å². The first kappa shape index (κ1) is 22.0. The minimum atomic E-state index is -4.07. The van der Waals surface area contributed by atoms with Crippen molar-refractivity contribution in [3.63, 3.8) is 0 Å². The average molecular weight is 451 g/mol. The van der Waals surface area contributed by atoms with E-state index in [4.69, 9.17) is 5.73 Å². The number of anilines is 1. The number of pyridine rings is 1. The fraction of sp³-hybridized carbons (Fsp3) is 0.500. The van der Waals surface area contributed by atoms with E-state index in [1.165, 1.54) is 18.7 Å². The number of hydrogen-bond donors (Lipinski definition) is 2. The summed E-state index contributed by atoms with van der Waals surface area (Å²) in [4.78, 5) is 4.24. The summed E-state index contributed by atoms with van der Waals surface area (Å²) in [6, 6.07) is 1.96. The molecule has 0 bridgehead atoms. The Kier molecular flexibility index (Phi) is 6.16. The summed E-state index contributed by atoms with van der Waals surface area (Å²) >= 11 is 0. The van der Waals surface area contributed by atoms with Crippen molar-refractivity contribution in [2.24, 2.45) is 5.92 Å².